The predicted octanol–water partition coefficient (Wildman–Crippen LogP) is 3.36. The highest BCUT2D eigenvalue weighted by atomic mass is 32.1. The fraction of sp³-hybridized carbons (Fsp3) is 0.0667. The second-order valence-corrected chi connectivity index (χ2v) is 5.04. The van der Waals surface area contributed by atoms with Gasteiger partial charge in [0.05, 0.1) is 28.1 Å². The molecule has 0 saturated heterocycles. The van der Waals surface area contributed by atoms with E-state index in [1.165, 1.54) is 17.3 Å². The van der Waals surface area contributed by atoms with Crippen LogP contribution >= 0.6 is 12.2 Å². The maximum absolute atomic E-state index is 11.0. The van der Waals surface area contributed by atoms with E-state index in [0.717, 1.165) is 0 Å². The molecule has 2 rings (SSSR count). The molecular weight excluding hydrogens is 300 g/mol. The minimum atomic E-state index is -0.452. The van der Waals surface area contributed by atoms with Gasteiger partial charge in [-0.05, 0) is 25.1 Å². The molecular formula is C15H14N4O2S. The Morgan fingerprint density at radius 1 is 1.27 bits per heavy atom. The summed E-state index contributed by atoms with van der Waals surface area (Å²) in [5.41, 5.74) is 7.44. The fourth-order valence-electron chi connectivity index (χ4n) is 1.88. The molecule has 0 aromatic heterocycles. The maximum atomic E-state index is 11.0. The summed E-state index contributed by atoms with van der Waals surface area (Å²) in [4.78, 5) is 11.0. The van der Waals surface area contributed by atoms with Crippen LogP contribution in [0.25, 0.3) is 0 Å². The van der Waals surface area contributed by atoms with Crippen LogP contribution < -0.4 is 10.7 Å². The van der Waals surface area contributed by atoms with E-state index in [9.17, 15) is 10.1 Å². The molecule has 6 nitrogen and oxygen atoms in total. The summed E-state index contributed by atoms with van der Waals surface area (Å²) in [5, 5.41) is 16.7. The number of hydrogen-bond acceptors (Lipinski definition) is 5. The standard InChI is InChI=1S/C15H14N4O2S/c1-11(22)18(15-9-5-3-7-13(15)16)17-10-12-6-2-4-8-14(12)19(20)21/h2-10H,16H2,1H3. The van der Waals surface area contributed by atoms with E-state index in [4.69, 9.17) is 18.0 Å². The summed E-state index contributed by atoms with van der Waals surface area (Å²) in [6.07, 6.45) is 1.40. The summed E-state index contributed by atoms with van der Waals surface area (Å²) >= 11 is 5.18. The Morgan fingerprint density at radius 3 is 2.55 bits per heavy atom. The SMILES string of the molecule is CC(=S)N(N=Cc1ccccc1[N+](=O)[O-])c1ccccc1N. The first kappa shape index (κ1) is 15.6. The molecule has 0 spiro atoms. The molecule has 112 valence electrons. The monoisotopic (exact) mass is 314 g/mol. The molecule has 0 aliphatic rings. The van der Waals surface area contributed by atoms with Crippen LogP contribution in [0.1, 0.15) is 12.5 Å². The molecule has 0 amide bonds. The molecule has 0 bridgehead atoms. The molecule has 2 aromatic rings. The van der Waals surface area contributed by atoms with Gasteiger partial charge in [0.1, 0.15) is 4.99 Å². The Balaban J connectivity index is 2.40. The number of para-hydroxylation sites is 3. The highest BCUT2D eigenvalue weighted by Gasteiger charge is 2.13. The third-order valence-electron chi connectivity index (χ3n) is 2.91. The average Bonchev–Trinajstić information content (AvgIpc) is 2.49. The lowest BCUT2D eigenvalue weighted by atomic mass is 10.2. The number of hydrogen-bond donors (Lipinski definition) is 1. The van der Waals surface area contributed by atoms with Gasteiger partial charge in [-0.15, -0.1) is 0 Å². The molecule has 0 saturated carbocycles. The van der Waals surface area contributed by atoms with Crippen LogP contribution in [0.2, 0.25) is 0 Å². The zero-order valence-corrected chi connectivity index (χ0v) is 12.7. The largest absolute Gasteiger partial charge is 0.397 e. The van der Waals surface area contributed by atoms with E-state index in [1.54, 1.807) is 37.3 Å². The summed E-state index contributed by atoms with van der Waals surface area (Å²) in [6.45, 7) is 1.71. The van der Waals surface area contributed by atoms with E-state index >= 15 is 0 Å². The van der Waals surface area contributed by atoms with E-state index < -0.39 is 4.92 Å². The first-order valence-electron chi connectivity index (χ1n) is 6.43. The Kier molecular flexibility index (Phi) is 4.80. The Morgan fingerprint density at radius 2 is 1.91 bits per heavy atom. The molecule has 0 aliphatic carbocycles. The van der Waals surface area contributed by atoms with Crippen molar-refractivity contribution in [3.63, 3.8) is 0 Å². The van der Waals surface area contributed by atoms with Crippen molar-refractivity contribution in [2.24, 2.45) is 5.10 Å². The first-order valence-corrected chi connectivity index (χ1v) is 6.84. The number of rotatable bonds is 4. The number of anilines is 2. The minimum Gasteiger partial charge on any atom is -0.397 e. The predicted molar refractivity (Wildman–Crippen MR) is 92.3 cm³/mol. The molecule has 0 unspecified atom stereocenters. The third-order valence-corrected chi connectivity index (χ3v) is 3.08. The normalized spacial score (nSPS) is 10.6. The molecule has 7 heteroatoms. The van der Waals surface area contributed by atoms with E-state index in [2.05, 4.69) is 5.10 Å². The van der Waals surface area contributed by atoms with Crippen molar-refractivity contribution in [1.82, 2.24) is 0 Å². The number of nitro benzene ring substituents is 1. The first-order chi connectivity index (χ1) is 10.5. The fourth-order valence-corrected chi connectivity index (χ4v) is 2.02. The van der Waals surface area contributed by atoms with Crippen molar-refractivity contribution in [2.75, 3.05) is 10.7 Å². The topological polar surface area (TPSA) is 84.8 Å². The number of nitrogen functional groups attached to an aromatic ring is 1. The minimum absolute atomic E-state index is 0.0192. The van der Waals surface area contributed by atoms with Gasteiger partial charge in [0, 0.05) is 6.07 Å². The van der Waals surface area contributed by atoms with Crippen LogP contribution in [-0.4, -0.2) is 16.1 Å². The smallest absolute Gasteiger partial charge is 0.278 e. The maximum Gasteiger partial charge on any atom is 0.278 e. The van der Waals surface area contributed by atoms with Crippen LogP contribution in [0.15, 0.2) is 53.6 Å². The van der Waals surface area contributed by atoms with Gasteiger partial charge >= 0.3 is 0 Å². The van der Waals surface area contributed by atoms with Crippen LogP contribution in [0, 0.1) is 10.1 Å². The molecule has 22 heavy (non-hydrogen) atoms. The molecule has 0 heterocycles. The average molecular weight is 314 g/mol. The lowest BCUT2D eigenvalue weighted by Gasteiger charge is -2.19. The second-order valence-electron chi connectivity index (χ2n) is 4.45. The van der Waals surface area contributed by atoms with Gasteiger partial charge in [-0.3, -0.25) is 10.1 Å². The van der Waals surface area contributed by atoms with Gasteiger partial charge in [-0.25, -0.2) is 5.01 Å². The number of hydrazone groups is 1. The van der Waals surface area contributed by atoms with Crippen LogP contribution in [0.3, 0.4) is 0 Å². The Bertz CT molecular complexity index is 746. The molecule has 0 radical (unpaired) electrons. The lowest BCUT2D eigenvalue weighted by Crippen LogP contribution is -2.22. The van der Waals surface area contributed by atoms with Crippen molar-refractivity contribution < 1.29 is 4.92 Å². The quantitative estimate of drug-likeness (QED) is 0.307. The Hall–Kier alpha value is -2.80. The summed E-state index contributed by atoms with van der Waals surface area (Å²) < 4.78 is 0. The number of thiocarbonyl (C=S) groups is 1. The molecule has 2 N–H and O–H groups in total. The van der Waals surface area contributed by atoms with E-state index in [0.29, 0.717) is 21.9 Å². The van der Waals surface area contributed by atoms with Crippen molar-refractivity contribution in [3.05, 3.63) is 64.2 Å². The number of nitrogens with zero attached hydrogens (tertiary/aromatic N) is 3. The van der Waals surface area contributed by atoms with Crippen molar-refractivity contribution in [2.45, 2.75) is 6.92 Å². The van der Waals surface area contributed by atoms with E-state index in [-0.39, 0.29) is 5.69 Å². The van der Waals surface area contributed by atoms with Crippen molar-refractivity contribution in [1.29, 1.82) is 0 Å². The third kappa shape index (κ3) is 3.44. The van der Waals surface area contributed by atoms with Gasteiger partial charge in [-0.1, -0.05) is 36.5 Å². The second kappa shape index (κ2) is 6.77. The highest BCUT2D eigenvalue weighted by molar-refractivity contribution is 7.80. The van der Waals surface area contributed by atoms with Crippen molar-refractivity contribution >= 4 is 40.5 Å². The van der Waals surface area contributed by atoms with Crippen molar-refractivity contribution in [3.8, 4) is 0 Å². The van der Waals surface area contributed by atoms with E-state index in [1.807, 2.05) is 12.1 Å². The number of benzene rings is 2. The Labute approximate surface area is 133 Å². The number of nitro groups is 1. The van der Waals surface area contributed by atoms with Gasteiger partial charge in [-0.2, -0.15) is 5.10 Å². The molecule has 2 aromatic carbocycles. The zero-order chi connectivity index (χ0) is 16.1. The summed E-state index contributed by atoms with van der Waals surface area (Å²) in [6, 6.07) is 13.5. The molecule has 0 fully saturated rings. The highest BCUT2D eigenvalue weighted by Crippen LogP contribution is 2.24. The van der Waals surface area contributed by atoms with Crippen LogP contribution in [0.4, 0.5) is 17.1 Å². The number of nitrogens with two attached hydrogens (primary N) is 1. The molecule has 0 aliphatic heterocycles. The summed E-state index contributed by atoms with van der Waals surface area (Å²) in [7, 11) is 0. The van der Waals surface area contributed by atoms with Gasteiger partial charge < -0.3 is 5.73 Å². The summed E-state index contributed by atoms with van der Waals surface area (Å²) in [5.74, 6) is 0. The van der Waals surface area contributed by atoms with Crippen LogP contribution in [-0.2, 0) is 0 Å². The lowest BCUT2D eigenvalue weighted by molar-refractivity contribution is -0.385. The zero-order valence-electron chi connectivity index (χ0n) is 11.8. The van der Waals surface area contributed by atoms with Crippen LogP contribution in [0.5, 0.6) is 0 Å². The molecule has 0 atom stereocenters. The van der Waals surface area contributed by atoms with Gasteiger partial charge in [0.15, 0.2) is 0 Å². The van der Waals surface area contributed by atoms with Gasteiger partial charge in [0.2, 0.25) is 0 Å². The van der Waals surface area contributed by atoms with Gasteiger partial charge in [0.25, 0.3) is 5.69 Å².